The van der Waals surface area contributed by atoms with Gasteiger partial charge in [0.2, 0.25) is 5.91 Å². The lowest BCUT2D eigenvalue weighted by molar-refractivity contribution is -0.159. The Kier molecular flexibility index (Phi) is 6.82. The Hall–Kier alpha value is -2.21. The van der Waals surface area contributed by atoms with Gasteiger partial charge in [0, 0.05) is 25.4 Å². The molecule has 2 saturated heterocycles. The van der Waals surface area contributed by atoms with Gasteiger partial charge in [0.15, 0.2) is 0 Å². The van der Waals surface area contributed by atoms with E-state index in [4.69, 9.17) is 9.47 Å². The van der Waals surface area contributed by atoms with Crippen LogP contribution in [0, 0.1) is 0 Å². The minimum absolute atomic E-state index is 0.0234. The highest BCUT2D eigenvalue weighted by Gasteiger charge is 2.47. The average molecular weight is 409 g/mol. The van der Waals surface area contributed by atoms with Crippen molar-refractivity contribution < 1.29 is 14.3 Å². The maximum atomic E-state index is 12.7. The summed E-state index contributed by atoms with van der Waals surface area (Å²) in [6.07, 6.45) is 3.90. The minimum atomic E-state index is -0.198. The number of para-hydroxylation sites is 1. The molecule has 30 heavy (non-hydrogen) atoms. The maximum absolute atomic E-state index is 12.7. The van der Waals surface area contributed by atoms with E-state index in [-0.39, 0.29) is 17.6 Å². The molecule has 2 aromatic rings. The average Bonchev–Trinajstić information content (AvgIpc) is 3.24. The van der Waals surface area contributed by atoms with E-state index in [2.05, 4.69) is 35.3 Å². The first-order valence-electron chi connectivity index (χ1n) is 11.1. The summed E-state index contributed by atoms with van der Waals surface area (Å²) >= 11 is 0. The molecule has 0 saturated carbocycles. The summed E-state index contributed by atoms with van der Waals surface area (Å²) in [4.78, 5) is 14.9. The van der Waals surface area contributed by atoms with Gasteiger partial charge in [0.1, 0.15) is 0 Å². The van der Waals surface area contributed by atoms with Crippen LogP contribution in [-0.4, -0.2) is 48.8 Å². The molecule has 2 aromatic carbocycles. The van der Waals surface area contributed by atoms with Crippen LogP contribution in [0.4, 0.5) is 5.69 Å². The number of carbonyl (C=O) groups is 1. The van der Waals surface area contributed by atoms with Crippen LogP contribution >= 0.6 is 0 Å². The number of piperidine rings is 1. The van der Waals surface area contributed by atoms with Crippen molar-refractivity contribution in [3.05, 3.63) is 65.7 Å². The topological polar surface area (TPSA) is 50.8 Å². The van der Waals surface area contributed by atoms with Crippen molar-refractivity contribution in [1.82, 2.24) is 4.90 Å². The van der Waals surface area contributed by atoms with Crippen LogP contribution in [-0.2, 0) is 27.3 Å². The molecule has 1 amide bonds. The molecule has 5 nitrogen and oxygen atoms in total. The van der Waals surface area contributed by atoms with Gasteiger partial charge in [-0.25, -0.2) is 0 Å². The first-order valence-corrected chi connectivity index (χ1v) is 11.1. The van der Waals surface area contributed by atoms with Crippen molar-refractivity contribution in [3.8, 4) is 0 Å². The predicted molar refractivity (Wildman–Crippen MR) is 118 cm³/mol. The molecule has 160 valence electrons. The number of amides is 1. The summed E-state index contributed by atoms with van der Waals surface area (Å²) in [7, 11) is 0. The first kappa shape index (κ1) is 21.0. The van der Waals surface area contributed by atoms with Gasteiger partial charge in [-0.05, 0) is 42.9 Å². The Morgan fingerprint density at radius 1 is 1.17 bits per heavy atom. The quantitative estimate of drug-likeness (QED) is 0.752. The van der Waals surface area contributed by atoms with Gasteiger partial charge in [0.05, 0.1) is 24.9 Å². The Balaban J connectivity index is 1.38. The van der Waals surface area contributed by atoms with E-state index < -0.39 is 0 Å². The lowest BCUT2D eigenvalue weighted by Gasteiger charge is -2.44. The number of ether oxygens (including phenoxy) is 2. The third kappa shape index (κ3) is 4.91. The highest BCUT2D eigenvalue weighted by Crippen LogP contribution is 2.38. The second kappa shape index (κ2) is 9.73. The molecule has 0 bridgehead atoms. The van der Waals surface area contributed by atoms with Crippen LogP contribution in [0.25, 0.3) is 0 Å². The maximum Gasteiger partial charge on any atom is 0.238 e. The van der Waals surface area contributed by atoms with Crippen molar-refractivity contribution in [3.63, 3.8) is 0 Å². The monoisotopic (exact) mass is 408 g/mol. The molecule has 0 aromatic heterocycles. The lowest BCUT2D eigenvalue weighted by Crippen LogP contribution is -2.57. The molecule has 2 aliphatic rings. The molecule has 4 rings (SSSR count). The van der Waals surface area contributed by atoms with Gasteiger partial charge in [-0.15, -0.1) is 0 Å². The van der Waals surface area contributed by atoms with Crippen molar-refractivity contribution in [2.24, 2.45) is 0 Å². The first-order chi connectivity index (χ1) is 14.7. The molecule has 0 unspecified atom stereocenters. The third-order valence-electron chi connectivity index (χ3n) is 6.33. The highest BCUT2D eigenvalue weighted by molar-refractivity contribution is 5.93. The molecule has 0 aliphatic carbocycles. The Morgan fingerprint density at radius 3 is 2.73 bits per heavy atom. The van der Waals surface area contributed by atoms with Crippen molar-refractivity contribution in [2.45, 2.75) is 50.9 Å². The van der Waals surface area contributed by atoms with Gasteiger partial charge in [-0.2, -0.15) is 0 Å². The zero-order chi connectivity index (χ0) is 20.8. The zero-order valence-corrected chi connectivity index (χ0v) is 17.8. The summed E-state index contributed by atoms with van der Waals surface area (Å²) in [5.41, 5.74) is 3.04. The molecule has 2 fully saturated rings. The molecule has 2 heterocycles. The van der Waals surface area contributed by atoms with Gasteiger partial charge < -0.3 is 14.8 Å². The number of hydrogen-bond donors (Lipinski definition) is 1. The molecule has 2 atom stereocenters. The molecule has 5 heteroatoms. The van der Waals surface area contributed by atoms with Crippen LogP contribution in [0.1, 0.15) is 37.3 Å². The Morgan fingerprint density at radius 2 is 1.97 bits per heavy atom. The fourth-order valence-electron chi connectivity index (χ4n) is 4.63. The summed E-state index contributed by atoms with van der Waals surface area (Å²) in [6, 6.07) is 18.3. The van der Waals surface area contributed by atoms with E-state index >= 15 is 0 Å². The van der Waals surface area contributed by atoms with Crippen LogP contribution < -0.4 is 5.32 Å². The zero-order valence-electron chi connectivity index (χ0n) is 17.8. The Bertz CT molecular complexity index is 833. The molecule has 1 spiro atoms. The van der Waals surface area contributed by atoms with E-state index in [0.717, 1.165) is 62.2 Å². The summed E-state index contributed by atoms with van der Waals surface area (Å²) < 4.78 is 12.6. The molecule has 2 aliphatic heterocycles. The van der Waals surface area contributed by atoms with E-state index in [0.29, 0.717) is 13.2 Å². The molecular formula is C25H32N2O3. The number of carbonyl (C=O) groups excluding carboxylic acids is 1. The molecule has 0 radical (unpaired) electrons. The molecular weight excluding hydrogens is 376 g/mol. The van der Waals surface area contributed by atoms with E-state index in [9.17, 15) is 4.79 Å². The fourth-order valence-corrected chi connectivity index (χ4v) is 4.63. The van der Waals surface area contributed by atoms with E-state index in [1.54, 1.807) is 0 Å². The third-order valence-corrected chi connectivity index (χ3v) is 6.33. The minimum Gasteiger partial charge on any atom is -0.372 e. The summed E-state index contributed by atoms with van der Waals surface area (Å²) in [5.74, 6) is 0.0287. The number of nitrogens with one attached hydrogen (secondary N) is 1. The van der Waals surface area contributed by atoms with Gasteiger partial charge in [-0.3, -0.25) is 9.69 Å². The summed E-state index contributed by atoms with van der Waals surface area (Å²) in [6.45, 7) is 5.43. The summed E-state index contributed by atoms with van der Waals surface area (Å²) in [5, 5.41) is 3.09. The molecule has 1 N–H and O–H groups in total. The van der Waals surface area contributed by atoms with Crippen LogP contribution in [0.15, 0.2) is 54.6 Å². The number of rotatable bonds is 7. The number of aryl methyl sites for hydroxylation is 1. The van der Waals surface area contributed by atoms with Gasteiger partial charge in [-0.1, -0.05) is 55.5 Å². The number of anilines is 1. The van der Waals surface area contributed by atoms with E-state index in [1.165, 1.54) is 0 Å². The van der Waals surface area contributed by atoms with Gasteiger partial charge >= 0.3 is 0 Å². The number of hydrogen-bond acceptors (Lipinski definition) is 4. The van der Waals surface area contributed by atoms with Crippen molar-refractivity contribution in [1.29, 1.82) is 0 Å². The van der Waals surface area contributed by atoms with Crippen molar-refractivity contribution in [2.75, 3.05) is 31.6 Å². The highest BCUT2D eigenvalue weighted by atomic mass is 16.6. The second-order valence-electron chi connectivity index (χ2n) is 8.35. The lowest BCUT2D eigenvalue weighted by atomic mass is 9.85. The van der Waals surface area contributed by atoms with Crippen molar-refractivity contribution >= 4 is 11.6 Å². The van der Waals surface area contributed by atoms with E-state index in [1.807, 2.05) is 36.4 Å². The van der Waals surface area contributed by atoms with Crippen LogP contribution in [0.3, 0.4) is 0 Å². The SMILES string of the molecule is CCc1ccccc1NC(=O)CN1CC[C@]2(CCCO2)[C@H](OCc2ccccc2)C1. The predicted octanol–water partition coefficient (Wildman–Crippen LogP) is 4.03. The number of likely N-dealkylation sites (tertiary alicyclic amines) is 1. The second-order valence-corrected chi connectivity index (χ2v) is 8.35. The van der Waals surface area contributed by atoms with Crippen LogP contribution in [0.5, 0.6) is 0 Å². The number of nitrogens with zero attached hydrogens (tertiary/aromatic N) is 1. The smallest absolute Gasteiger partial charge is 0.238 e. The largest absolute Gasteiger partial charge is 0.372 e. The van der Waals surface area contributed by atoms with Gasteiger partial charge in [0.25, 0.3) is 0 Å². The Labute approximate surface area is 179 Å². The standard InChI is InChI=1S/C25H32N2O3/c1-2-21-11-6-7-12-22(21)26-24(28)18-27-15-14-25(13-8-16-30-25)23(17-27)29-19-20-9-4-3-5-10-20/h3-7,9-12,23H,2,8,13-19H2,1H3,(H,26,28)/t23-,25-/m1/s1. The van der Waals surface area contributed by atoms with Crippen LogP contribution in [0.2, 0.25) is 0 Å². The normalized spacial score (nSPS) is 24.2. The number of benzene rings is 2. The fraction of sp³-hybridized carbons (Fsp3) is 0.480.